The molecule has 1 fully saturated rings. The first-order valence-electron chi connectivity index (χ1n) is 10.8. The lowest BCUT2D eigenvalue weighted by Crippen LogP contribution is -2.30. The highest BCUT2D eigenvalue weighted by Crippen LogP contribution is 2.37. The fourth-order valence-electron chi connectivity index (χ4n) is 4.93. The van der Waals surface area contributed by atoms with Crippen molar-refractivity contribution in [3.05, 3.63) is 90.1 Å². The number of benzene rings is 3. The van der Waals surface area contributed by atoms with E-state index in [2.05, 4.69) is 97.5 Å². The predicted octanol–water partition coefficient (Wildman–Crippen LogP) is 6.96. The monoisotopic (exact) mass is 378 g/mol. The summed E-state index contributed by atoms with van der Waals surface area (Å²) in [5, 5.41) is 2.69. The molecule has 1 aliphatic carbocycles. The van der Waals surface area contributed by atoms with E-state index in [0.29, 0.717) is 0 Å². The van der Waals surface area contributed by atoms with Crippen molar-refractivity contribution in [2.45, 2.75) is 38.5 Å². The second kappa shape index (κ2) is 7.48. The van der Waals surface area contributed by atoms with E-state index in [4.69, 9.17) is 0 Å². The van der Waals surface area contributed by atoms with Gasteiger partial charge in [-0.2, -0.15) is 0 Å². The van der Waals surface area contributed by atoms with Crippen LogP contribution in [0.3, 0.4) is 0 Å². The molecular weight excluding hydrogens is 350 g/mol. The molecule has 0 atom stereocenters. The van der Waals surface area contributed by atoms with Crippen LogP contribution in [0.25, 0.3) is 33.2 Å². The molecular formula is C28H28N+. The lowest BCUT2D eigenvalue weighted by molar-refractivity contribution is -0.659. The third kappa shape index (κ3) is 3.35. The van der Waals surface area contributed by atoms with Gasteiger partial charge in [0.1, 0.15) is 7.05 Å². The summed E-state index contributed by atoms with van der Waals surface area (Å²) in [5.41, 5.74) is 7.98. The first-order chi connectivity index (χ1) is 14.2. The van der Waals surface area contributed by atoms with Crippen LogP contribution >= 0.6 is 0 Å². The van der Waals surface area contributed by atoms with Crippen molar-refractivity contribution in [1.29, 1.82) is 0 Å². The van der Waals surface area contributed by atoms with Gasteiger partial charge in [-0.25, -0.2) is 4.57 Å². The standard InChI is InChI=1S/C28H28N/c1-20-12-13-24(22-8-4-3-5-9-22)19-27(20)28-26-15-14-23(21-10-6-7-11-21)18-25(26)16-17-29(28)2/h3-5,8-9,12-19,21H,6-7,10-11H2,1-2H3/q+1. The molecule has 0 radical (unpaired) electrons. The Morgan fingerprint density at radius 2 is 1.59 bits per heavy atom. The van der Waals surface area contributed by atoms with Crippen LogP contribution in [0, 0.1) is 6.92 Å². The highest BCUT2D eigenvalue weighted by atomic mass is 14.9. The number of aromatic nitrogens is 1. The fraction of sp³-hybridized carbons (Fsp3) is 0.250. The van der Waals surface area contributed by atoms with Crippen LogP contribution in [0.2, 0.25) is 0 Å². The summed E-state index contributed by atoms with van der Waals surface area (Å²) in [4.78, 5) is 0. The second-order valence-electron chi connectivity index (χ2n) is 8.50. The minimum atomic E-state index is 0.750. The molecule has 29 heavy (non-hydrogen) atoms. The Balaban J connectivity index is 1.67. The van der Waals surface area contributed by atoms with E-state index in [-0.39, 0.29) is 0 Å². The van der Waals surface area contributed by atoms with Crippen LogP contribution in [0.1, 0.15) is 42.7 Å². The maximum Gasteiger partial charge on any atom is 0.220 e. The third-order valence-corrected chi connectivity index (χ3v) is 6.59. The van der Waals surface area contributed by atoms with Gasteiger partial charge in [-0.05, 0) is 65.5 Å². The molecule has 0 unspecified atom stereocenters. The Labute approximate surface area is 173 Å². The van der Waals surface area contributed by atoms with E-state index in [1.54, 1.807) is 0 Å². The molecule has 3 aromatic carbocycles. The maximum absolute atomic E-state index is 2.44. The Kier molecular flexibility index (Phi) is 4.67. The zero-order valence-corrected chi connectivity index (χ0v) is 17.4. The largest absolute Gasteiger partial charge is 0.220 e. The third-order valence-electron chi connectivity index (χ3n) is 6.59. The molecule has 0 saturated heterocycles. The van der Waals surface area contributed by atoms with Crippen molar-refractivity contribution in [3.63, 3.8) is 0 Å². The molecule has 1 nitrogen and oxygen atoms in total. The lowest BCUT2D eigenvalue weighted by Gasteiger charge is -2.13. The molecule has 0 aliphatic heterocycles. The average Bonchev–Trinajstić information content (AvgIpc) is 3.30. The molecule has 1 aromatic heterocycles. The van der Waals surface area contributed by atoms with E-state index >= 15 is 0 Å². The first-order valence-corrected chi connectivity index (χ1v) is 10.8. The molecule has 1 heterocycles. The number of nitrogens with zero attached hydrogens (tertiary/aromatic N) is 1. The van der Waals surface area contributed by atoms with Crippen LogP contribution in [0.5, 0.6) is 0 Å². The van der Waals surface area contributed by atoms with E-state index in [1.807, 2.05) is 0 Å². The van der Waals surface area contributed by atoms with E-state index in [0.717, 1.165) is 5.92 Å². The number of aryl methyl sites for hydroxylation is 2. The second-order valence-corrected chi connectivity index (χ2v) is 8.50. The molecule has 144 valence electrons. The molecule has 1 aliphatic rings. The van der Waals surface area contributed by atoms with Gasteiger partial charge in [0.25, 0.3) is 0 Å². The molecule has 0 bridgehead atoms. The predicted molar refractivity (Wildman–Crippen MR) is 122 cm³/mol. The van der Waals surface area contributed by atoms with Gasteiger partial charge in [0.15, 0.2) is 6.20 Å². The summed E-state index contributed by atoms with van der Waals surface area (Å²) in [6.45, 7) is 2.22. The number of rotatable bonds is 3. The van der Waals surface area contributed by atoms with Crippen molar-refractivity contribution >= 4 is 10.8 Å². The Morgan fingerprint density at radius 3 is 2.38 bits per heavy atom. The number of hydrogen-bond donors (Lipinski definition) is 0. The Bertz CT molecular complexity index is 1170. The average molecular weight is 379 g/mol. The summed E-state index contributed by atoms with van der Waals surface area (Å²) >= 11 is 0. The van der Waals surface area contributed by atoms with Crippen LogP contribution in [0.15, 0.2) is 79.0 Å². The van der Waals surface area contributed by atoms with Crippen molar-refractivity contribution in [1.82, 2.24) is 0 Å². The molecule has 4 aromatic rings. The van der Waals surface area contributed by atoms with Gasteiger partial charge >= 0.3 is 0 Å². The van der Waals surface area contributed by atoms with Crippen molar-refractivity contribution < 1.29 is 4.57 Å². The topological polar surface area (TPSA) is 3.88 Å². The normalized spacial score (nSPS) is 14.6. The molecule has 0 N–H and O–H groups in total. The van der Waals surface area contributed by atoms with Gasteiger partial charge in [-0.15, -0.1) is 0 Å². The summed E-state index contributed by atoms with van der Waals surface area (Å²) in [6.07, 6.45) is 7.66. The summed E-state index contributed by atoms with van der Waals surface area (Å²) in [5.74, 6) is 0.750. The van der Waals surface area contributed by atoms with Crippen LogP contribution in [-0.4, -0.2) is 0 Å². The Hall–Kier alpha value is -2.93. The van der Waals surface area contributed by atoms with Crippen LogP contribution in [-0.2, 0) is 7.05 Å². The van der Waals surface area contributed by atoms with Gasteiger partial charge in [-0.1, -0.05) is 67.4 Å². The quantitative estimate of drug-likeness (QED) is 0.339. The Morgan fingerprint density at radius 1 is 0.793 bits per heavy atom. The van der Waals surface area contributed by atoms with Gasteiger partial charge in [-0.3, -0.25) is 0 Å². The SMILES string of the molecule is Cc1ccc(-c2ccccc2)cc1-c1c2ccc(C3CCCC3)cc2cc[n+]1C. The van der Waals surface area contributed by atoms with E-state index in [9.17, 15) is 0 Å². The molecule has 1 heteroatoms. The summed E-state index contributed by atoms with van der Waals surface area (Å²) in [7, 11) is 2.16. The molecule has 0 spiro atoms. The smallest absolute Gasteiger partial charge is 0.200 e. The van der Waals surface area contributed by atoms with Gasteiger partial charge < -0.3 is 0 Å². The van der Waals surface area contributed by atoms with Gasteiger partial charge in [0.2, 0.25) is 5.69 Å². The van der Waals surface area contributed by atoms with Gasteiger partial charge in [0.05, 0.1) is 10.9 Å². The van der Waals surface area contributed by atoms with Crippen molar-refractivity contribution in [2.24, 2.45) is 7.05 Å². The van der Waals surface area contributed by atoms with Crippen LogP contribution < -0.4 is 4.57 Å². The van der Waals surface area contributed by atoms with E-state index in [1.165, 1.54) is 70.0 Å². The maximum atomic E-state index is 2.44. The van der Waals surface area contributed by atoms with Crippen molar-refractivity contribution in [2.75, 3.05) is 0 Å². The highest BCUT2D eigenvalue weighted by Gasteiger charge is 2.21. The fourth-order valence-corrected chi connectivity index (χ4v) is 4.93. The first kappa shape index (κ1) is 18.1. The zero-order chi connectivity index (χ0) is 19.8. The molecule has 1 saturated carbocycles. The van der Waals surface area contributed by atoms with E-state index < -0.39 is 0 Å². The van der Waals surface area contributed by atoms with Gasteiger partial charge in [0, 0.05) is 6.07 Å². The number of hydrogen-bond acceptors (Lipinski definition) is 0. The molecule has 5 rings (SSSR count). The summed E-state index contributed by atoms with van der Waals surface area (Å²) < 4.78 is 2.27. The minimum Gasteiger partial charge on any atom is -0.200 e. The number of pyridine rings is 1. The minimum absolute atomic E-state index is 0.750. The van der Waals surface area contributed by atoms with Crippen LogP contribution in [0.4, 0.5) is 0 Å². The lowest BCUT2D eigenvalue weighted by atomic mass is 9.92. The highest BCUT2D eigenvalue weighted by molar-refractivity contribution is 5.94. The summed E-state index contributed by atoms with van der Waals surface area (Å²) in [6, 6.07) is 26.9. The zero-order valence-electron chi connectivity index (χ0n) is 17.4. The number of fused-ring (bicyclic) bond motifs is 1. The molecule has 0 amide bonds. The van der Waals surface area contributed by atoms with Crippen molar-refractivity contribution in [3.8, 4) is 22.4 Å².